The van der Waals surface area contributed by atoms with E-state index in [1.807, 2.05) is 0 Å². The van der Waals surface area contributed by atoms with Crippen LogP contribution in [0.2, 0.25) is 0 Å². The van der Waals surface area contributed by atoms with E-state index in [0.29, 0.717) is 5.56 Å². The quantitative estimate of drug-likeness (QED) is 0.0559. The van der Waals surface area contributed by atoms with Gasteiger partial charge in [0.05, 0.1) is 32.0 Å². The average molecular weight is 697 g/mol. The van der Waals surface area contributed by atoms with Crippen LogP contribution in [-0.2, 0) is 47.5 Å². The second kappa shape index (κ2) is 17.3. The standard InChI is InChI=1S/C32H40O17/c1-3-16-17(18(29(42)43-2)13-45-30(16)49-32-28(41)25(38)23(36)19(12-33)46-32)11-22(35)44-14-20-24(37)26(39)27(40)31(47-20)48-21(34)10-9-15-7-5-4-6-8-15/h3-10,13,17,19-20,23-28,30-33,36-41H,11-12,14H2,1-2H3/b10-9+,16-3+/t17-,19+,20-,23+,24-,25+,26-,27-,28+,30-,31-,32-/m0/s1. The summed E-state index contributed by atoms with van der Waals surface area (Å²) in [5.74, 6) is -3.82. The highest BCUT2D eigenvalue weighted by Gasteiger charge is 2.48. The predicted octanol–water partition coefficient (Wildman–Crippen LogP) is -2.22. The Morgan fingerprint density at radius 2 is 1.49 bits per heavy atom. The summed E-state index contributed by atoms with van der Waals surface area (Å²) in [4.78, 5) is 38.1. The van der Waals surface area contributed by atoms with E-state index in [4.69, 9.17) is 33.2 Å². The summed E-state index contributed by atoms with van der Waals surface area (Å²) in [6.07, 6.45) is -13.6. The van der Waals surface area contributed by atoms with Gasteiger partial charge in [-0.25, -0.2) is 9.59 Å². The number of esters is 3. The van der Waals surface area contributed by atoms with Gasteiger partial charge in [0.1, 0.15) is 55.4 Å². The Labute approximate surface area is 280 Å². The lowest BCUT2D eigenvalue weighted by Gasteiger charge is -2.42. The monoisotopic (exact) mass is 696 g/mol. The SMILES string of the molecule is C/C=C1/[C@H](O[C@@H]2O[C@H](CO)[C@@H](O)[C@@H](O)[C@H]2O)OC=C(C(=O)OC)[C@H]1CC(=O)OC[C@@H]1O[C@@H](OC(=O)/C=C/c2ccccc2)[C@@H](O)[C@@H](O)[C@H]1O. The van der Waals surface area contributed by atoms with E-state index < -0.39 is 111 Å². The highest BCUT2D eigenvalue weighted by Crippen LogP contribution is 2.36. The van der Waals surface area contributed by atoms with Crippen LogP contribution in [0.3, 0.4) is 0 Å². The van der Waals surface area contributed by atoms with E-state index in [-0.39, 0.29) is 11.1 Å². The molecule has 1 aromatic carbocycles. The molecule has 12 atom stereocenters. The zero-order valence-corrected chi connectivity index (χ0v) is 26.5. The maximum Gasteiger partial charge on any atom is 0.337 e. The molecule has 17 heteroatoms. The van der Waals surface area contributed by atoms with Gasteiger partial charge in [-0.15, -0.1) is 0 Å². The van der Waals surface area contributed by atoms with Crippen molar-refractivity contribution in [2.24, 2.45) is 5.92 Å². The molecule has 3 aliphatic rings. The lowest BCUT2D eigenvalue weighted by molar-refractivity contribution is -0.327. The molecule has 3 heterocycles. The van der Waals surface area contributed by atoms with Gasteiger partial charge in [-0.2, -0.15) is 0 Å². The molecule has 7 N–H and O–H groups in total. The average Bonchev–Trinajstić information content (AvgIpc) is 3.10. The fraction of sp³-hybridized carbons (Fsp3) is 0.531. The first-order valence-corrected chi connectivity index (χ1v) is 15.2. The van der Waals surface area contributed by atoms with Crippen LogP contribution < -0.4 is 0 Å². The van der Waals surface area contributed by atoms with Crippen LogP contribution in [0.1, 0.15) is 18.9 Å². The highest BCUT2D eigenvalue weighted by atomic mass is 16.8. The minimum atomic E-state index is -1.84. The minimum absolute atomic E-state index is 0.121. The maximum absolute atomic E-state index is 13.1. The molecule has 0 radical (unpaired) electrons. The minimum Gasteiger partial charge on any atom is -0.468 e. The van der Waals surface area contributed by atoms with E-state index in [2.05, 4.69) is 0 Å². The van der Waals surface area contributed by atoms with E-state index >= 15 is 0 Å². The van der Waals surface area contributed by atoms with Gasteiger partial charge in [0.25, 0.3) is 0 Å². The molecule has 4 rings (SSSR count). The van der Waals surface area contributed by atoms with Gasteiger partial charge < -0.3 is 68.9 Å². The lowest BCUT2D eigenvalue weighted by Crippen LogP contribution is -2.60. The molecular weight excluding hydrogens is 656 g/mol. The molecule has 0 aromatic heterocycles. The van der Waals surface area contributed by atoms with Crippen molar-refractivity contribution in [2.45, 2.75) is 81.0 Å². The molecule has 0 amide bonds. The second-order valence-electron chi connectivity index (χ2n) is 11.3. The second-order valence-corrected chi connectivity index (χ2v) is 11.3. The van der Waals surface area contributed by atoms with E-state index in [1.165, 1.54) is 19.1 Å². The molecule has 3 aliphatic heterocycles. The van der Waals surface area contributed by atoms with Gasteiger partial charge in [0.15, 0.2) is 6.29 Å². The van der Waals surface area contributed by atoms with Gasteiger partial charge in [-0.3, -0.25) is 4.79 Å². The molecule has 2 saturated heterocycles. The normalized spacial score (nSPS) is 35.7. The van der Waals surface area contributed by atoms with Crippen LogP contribution in [0.25, 0.3) is 6.08 Å². The summed E-state index contributed by atoms with van der Waals surface area (Å²) in [7, 11) is 1.10. The molecule has 49 heavy (non-hydrogen) atoms. The van der Waals surface area contributed by atoms with Crippen molar-refractivity contribution >= 4 is 24.0 Å². The van der Waals surface area contributed by atoms with Crippen LogP contribution in [0, 0.1) is 5.92 Å². The number of carbonyl (C=O) groups excluding carboxylic acids is 3. The molecule has 17 nitrogen and oxygen atoms in total. The third kappa shape index (κ3) is 9.08. The number of aliphatic hydroxyl groups excluding tert-OH is 7. The van der Waals surface area contributed by atoms with E-state index in [1.54, 1.807) is 30.3 Å². The Morgan fingerprint density at radius 3 is 2.12 bits per heavy atom. The fourth-order valence-corrected chi connectivity index (χ4v) is 5.36. The fourth-order valence-electron chi connectivity index (χ4n) is 5.36. The smallest absolute Gasteiger partial charge is 0.337 e. The largest absolute Gasteiger partial charge is 0.468 e. The summed E-state index contributed by atoms with van der Waals surface area (Å²) >= 11 is 0. The van der Waals surface area contributed by atoms with Crippen molar-refractivity contribution in [3.05, 3.63) is 65.5 Å². The first-order chi connectivity index (χ1) is 23.4. The maximum atomic E-state index is 13.1. The number of benzene rings is 1. The van der Waals surface area contributed by atoms with Gasteiger partial charge in [-0.1, -0.05) is 36.4 Å². The first kappa shape index (κ1) is 38.1. The van der Waals surface area contributed by atoms with Crippen LogP contribution in [0.4, 0.5) is 0 Å². The number of aliphatic hydroxyl groups is 7. The van der Waals surface area contributed by atoms with Gasteiger partial charge in [-0.05, 0) is 18.6 Å². The third-order valence-electron chi connectivity index (χ3n) is 8.12. The Kier molecular flexibility index (Phi) is 13.4. The van der Waals surface area contributed by atoms with Crippen LogP contribution >= 0.6 is 0 Å². The summed E-state index contributed by atoms with van der Waals surface area (Å²) in [6, 6.07) is 8.77. The number of rotatable bonds is 11. The summed E-state index contributed by atoms with van der Waals surface area (Å²) < 4.78 is 37.3. The number of methoxy groups -OCH3 is 1. The molecule has 2 fully saturated rings. The molecule has 0 spiro atoms. The Balaban J connectivity index is 1.41. The first-order valence-electron chi connectivity index (χ1n) is 15.2. The van der Waals surface area contributed by atoms with Crippen LogP contribution in [0.5, 0.6) is 0 Å². The van der Waals surface area contributed by atoms with Crippen molar-refractivity contribution < 1.29 is 83.3 Å². The Bertz CT molecular complexity index is 1380. The summed E-state index contributed by atoms with van der Waals surface area (Å²) in [5, 5.41) is 71.3. The van der Waals surface area contributed by atoms with Crippen LogP contribution in [0.15, 0.2) is 59.9 Å². The molecular formula is C32H40O17. The third-order valence-corrected chi connectivity index (χ3v) is 8.12. The predicted molar refractivity (Wildman–Crippen MR) is 161 cm³/mol. The molecule has 0 unspecified atom stereocenters. The Hall–Kier alpha value is -3.75. The van der Waals surface area contributed by atoms with Crippen molar-refractivity contribution in [2.75, 3.05) is 20.3 Å². The zero-order valence-electron chi connectivity index (χ0n) is 26.5. The van der Waals surface area contributed by atoms with Crippen molar-refractivity contribution in [1.82, 2.24) is 0 Å². The molecule has 1 aromatic rings. The van der Waals surface area contributed by atoms with E-state index in [9.17, 15) is 50.1 Å². The van der Waals surface area contributed by atoms with Crippen molar-refractivity contribution in [1.29, 1.82) is 0 Å². The summed E-state index contributed by atoms with van der Waals surface area (Å²) in [6.45, 7) is 0.155. The molecule has 0 saturated carbocycles. The lowest BCUT2D eigenvalue weighted by atomic mass is 9.86. The molecule has 270 valence electrons. The number of allylic oxidation sites excluding steroid dienone is 1. The van der Waals surface area contributed by atoms with E-state index in [0.717, 1.165) is 19.4 Å². The highest BCUT2D eigenvalue weighted by molar-refractivity contribution is 5.90. The van der Waals surface area contributed by atoms with Crippen molar-refractivity contribution in [3.8, 4) is 0 Å². The Morgan fingerprint density at radius 1 is 0.857 bits per heavy atom. The van der Waals surface area contributed by atoms with Gasteiger partial charge >= 0.3 is 17.9 Å². The number of hydrogen-bond acceptors (Lipinski definition) is 17. The van der Waals surface area contributed by atoms with Gasteiger partial charge in [0, 0.05) is 17.6 Å². The number of ether oxygens (including phenoxy) is 7. The topological polar surface area (TPSA) is 257 Å². The molecule has 0 aliphatic carbocycles. The zero-order chi connectivity index (χ0) is 35.8. The number of hydrogen-bond donors (Lipinski definition) is 7. The molecule has 0 bridgehead atoms. The van der Waals surface area contributed by atoms with Crippen LogP contribution in [-0.4, -0.2) is 142 Å². The van der Waals surface area contributed by atoms with Crippen molar-refractivity contribution in [3.63, 3.8) is 0 Å². The summed E-state index contributed by atoms with van der Waals surface area (Å²) in [5.41, 5.74) is 0.733. The number of carbonyl (C=O) groups is 3. The van der Waals surface area contributed by atoms with Gasteiger partial charge in [0.2, 0.25) is 12.6 Å².